The van der Waals surface area contributed by atoms with Gasteiger partial charge in [0.05, 0.1) is 24.3 Å². The minimum atomic E-state index is 0.0673. The van der Waals surface area contributed by atoms with Crippen LogP contribution in [0.3, 0.4) is 0 Å². The van der Waals surface area contributed by atoms with E-state index in [4.69, 9.17) is 10.5 Å². The summed E-state index contributed by atoms with van der Waals surface area (Å²) in [7, 11) is 1.83. The Morgan fingerprint density at radius 2 is 2.53 bits per heavy atom. The smallest absolute Gasteiger partial charge is 0.228 e. The average molecular weight is 255 g/mol. The van der Waals surface area contributed by atoms with E-state index in [0.717, 1.165) is 18.7 Å². The normalized spacial score (nSPS) is 23.9. The lowest BCUT2D eigenvalue weighted by Crippen LogP contribution is -2.41. The fourth-order valence-electron chi connectivity index (χ4n) is 2.10. The minimum Gasteiger partial charge on any atom is -0.376 e. The van der Waals surface area contributed by atoms with Gasteiger partial charge >= 0.3 is 0 Å². The predicted octanol–water partition coefficient (Wildman–Crippen LogP) is 0.904. The van der Waals surface area contributed by atoms with E-state index >= 15 is 0 Å². The molecule has 94 valence electrons. The SMILES string of the molecule is CC1OCCC1N(C)C(=O)Cc1csc(N)n1. The number of thiazole rings is 1. The highest BCUT2D eigenvalue weighted by atomic mass is 32.1. The van der Waals surface area contributed by atoms with Gasteiger partial charge in [-0.2, -0.15) is 0 Å². The molecule has 2 rings (SSSR count). The summed E-state index contributed by atoms with van der Waals surface area (Å²) >= 11 is 1.36. The maximum Gasteiger partial charge on any atom is 0.228 e. The van der Waals surface area contributed by atoms with Gasteiger partial charge in [-0.15, -0.1) is 11.3 Å². The van der Waals surface area contributed by atoms with Crippen LogP contribution in [-0.2, 0) is 16.0 Å². The van der Waals surface area contributed by atoms with Crippen molar-refractivity contribution >= 4 is 22.4 Å². The number of rotatable bonds is 3. The Labute approximate surface area is 105 Å². The van der Waals surface area contributed by atoms with Gasteiger partial charge in [0.1, 0.15) is 0 Å². The third kappa shape index (κ3) is 2.76. The number of carbonyl (C=O) groups excluding carboxylic acids is 1. The van der Waals surface area contributed by atoms with Gasteiger partial charge in [0.15, 0.2) is 5.13 Å². The van der Waals surface area contributed by atoms with Gasteiger partial charge in [-0.25, -0.2) is 4.98 Å². The first-order chi connectivity index (χ1) is 8.08. The summed E-state index contributed by atoms with van der Waals surface area (Å²) in [6, 6.07) is 0.179. The monoisotopic (exact) mass is 255 g/mol. The van der Waals surface area contributed by atoms with Gasteiger partial charge in [-0.05, 0) is 13.3 Å². The summed E-state index contributed by atoms with van der Waals surface area (Å²) in [4.78, 5) is 17.9. The second-order valence-corrected chi connectivity index (χ2v) is 5.18. The van der Waals surface area contributed by atoms with E-state index in [1.807, 2.05) is 19.4 Å². The molecule has 1 aromatic rings. The molecule has 0 radical (unpaired) electrons. The lowest BCUT2D eigenvalue weighted by molar-refractivity contribution is -0.132. The molecule has 1 saturated heterocycles. The zero-order valence-electron chi connectivity index (χ0n) is 10.0. The molecule has 0 aliphatic carbocycles. The summed E-state index contributed by atoms with van der Waals surface area (Å²) in [6.45, 7) is 2.73. The molecule has 1 aromatic heterocycles. The van der Waals surface area contributed by atoms with E-state index in [0.29, 0.717) is 11.6 Å². The number of likely N-dealkylation sites (N-methyl/N-ethyl adjacent to an activating group) is 1. The van der Waals surface area contributed by atoms with Crippen molar-refractivity contribution in [1.29, 1.82) is 0 Å². The van der Waals surface area contributed by atoms with Crippen LogP contribution < -0.4 is 5.73 Å². The fourth-order valence-corrected chi connectivity index (χ4v) is 2.66. The van der Waals surface area contributed by atoms with Crippen LogP contribution in [-0.4, -0.2) is 41.6 Å². The van der Waals surface area contributed by atoms with Gasteiger partial charge in [0, 0.05) is 19.0 Å². The first kappa shape index (κ1) is 12.3. The Morgan fingerprint density at radius 1 is 1.76 bits per heavy atom. The van der Waals surface area contributed by atoms with Crippen molar-refractivity contribution in [1.82, 2.24) is 9.88 Å². The van der Waals surface area contributed by atoms with Gasteiger partial charge in [-0.3, -0.25) is 4.79 Å². The van der Waals surface area contributed by atoms with Crippen molar-refractivity contribution in [3.8, 4) is 0 Å². The van der Waals surface area contributed by atoms with Crippen LogP contribution in [0, 0.1) is 0 Å². The zero-order chi connectivity index (χ0) is 12.4. The fraction of sp³-hybridized carbons (Fsp3) is 0.636. The van der Waals surface area contributed by atoms with Crippen molar-refractivity contribution in [2.24, 2.45) is 0 Å². The van der Waals surface area contributed by atoms with E-state index in [1.54, 1.807) is 4.90 Å². The number of hydrogen-bond acceptors (Lipinski definition) is 5. The molecule has 2 heterocycles. The van der Waals surface area contributed by atoms with E-state index in [9.17, 15) is 4.79 Å². The Kier molecular flexibility index (Phi) is 3.63. The van der Waals surface area contributed by atoms with Crippen LogP contribution in [0.15, 0.2) is 5.38 Å². The van der Waals surface area contributed by atoms with Crippen molar-refractivity contribution in [3.63, 3.8) is 0 Å². The number of nitrogens with zero attached hydrogens (tertiary/aromatic N) is 2. The molecule has 1 aliphatic rings. The highest BCUT2D eigenvalue weighted by Crippen LogP contribution is 2.19. The zero-order valence-corrected chi connectivity index (χ0v) is 10.9. The number of carbonyl (C=O) groups is 1. The van der Waals surface area contributed by atoms with Gasteiger partial charge < -0.3 is 15.4 Å². The first-order valence-electron chi connectivity index (χ1n) is 5.65. The summed E-state index contributed by atoms with van der Waals surface area (Å²) < 4.78 is 5.46. The van der Waals surface area contributed by atoms with Crippen molar-refractivity contribution in [2.45, 2.75) is 31.9 Å². The molecule has 6 heteroatoms. The molecule has 1 aliphatic heterocycles. The molecular formula is C11H17N3O2S. The number of ether oxygens (including phenoxy) is 1. The lowest BCUT2D eigenvalue weighted by Gasteiger charge is -2.26. The standard InChI is InChI=1S/C11H17N3O2S/c1-7-9(3-4-16-7)14(2)10(15)5-8-6-17-11(12)13-8/h6-7,9H,3-5H2,1-2H3,(H2,12,13). The molecule has 1 fully saturated rings. The van der Waals surface area contributed by atoms with Gasteiger partial charge in [0.2, 0.25) is 5.91 Å². The first-order valence-corrected chi connectivity index (χ1v) is 6.53. The summed E-state index contributed by atoms with van der Waals surface area (Å²) in [6.07, 6.45) is 1.33. The van der Waals surface area contributed by atoms with Crippen LogP contribution >= 0.6 is 11.3 Å². The average Bonchev–Trinajstić information content (AvgIpc) is 2.86. The van der Waals surface area contributed by atoms with Crippen molar-refractivity contribution < 1.29 is 9.53 Å². The topological polar surface area (TPSA) is 68.5 Å². The maximum absolute atomic E-state index is 12.0. The second kappa shape index (κ2) is 5.01. The van der Waals surface area contributed by atoms with Crippen LogP contribution in [0.1, 0.15) is 19.0 Å². The van der Waals surface area contributed by atoms with Crippen LogP contribution in [0.5, 0.6) is 0 Å². The Hall–Kier alpha value is -1.14. The quantitative estimate of drug-likeness (QED) is 0.871. The number of hydrogen-bond donors (Lipinski definition) is 1. The van der Waals surface area contributed by atoms with Crippen molar-refractivity contribution in [3.05, 3.63) is 11.1 Å². The van der Waals surface area contributed by atoms with Gasteiger partial charge in [-0.1, -0.05) is 0 Å². The van der Waals surface area contributed by atoms with E-state index in [1.165, 1.54) is 11.3 Å². The summed E-state index contributed by atoms with van der Waals surface area (Å²) in [5.74, 6) is 0.0673. The van der Waals surface area contributed by atoms with Crippen LogP contribution in [0.2, 0.25) is 0 Å². The predicted molar refractivity (Wildman–Crippen MR) is 66.8 cm³/mol. The third-order valence-corrected chi connectivity index (χ3v) is 3.85. The van der Waals surface area contributed by atoms with E-state index in [-0.39, 0.29) is 18.1 Å². The Balaban J connectivity index is 1.95. The van der Waals surface area contributed by atoms with Crippen LogP contribution in [0.4, 0.5) is 5.13 Å². The molecule has 0 spiro atoms. The Morgan fingerprint density at radius 3 is 3.06 bits per heavy atom. The van der Waals surface area contributed by atoms with Gasteiger partial charge in [0.25, 0.3) is 0 Å². The molecule has 5 nitrogen and oxygen atoms in total. The highest BCUT2D eigenvalue weighted by molar-refractivity contribution is 7.13. The summed E-state index contributed by atoms with van der Waals surface area (Å²) in [5.41, 5.74) is 6.28. The lowest BCUT2D eigenvalue weighted by atomic mass is 10.1. The molecule has 2 atom stereocenters. The minimum absolute atomic E-state index is 0.0673. The van der Waals surface area contributed by atoms with Crippen LogP contribution in [0.25, 0.3) is 0 Å². The van der Waals surface area contributed by atoms with E-state index < -0.39 is 0 Å². The second-order valence-electron chi connectivity index (χ2n) is 4.29. The van der Waals surface area contributed by atoms with E-state index in [2.05, 4.69) is 4.98 Å². The summed E-state index contributed by atoms with van der Waals surface area (Å²) in [5, 5.41) is 2.34. The molecule has 0 saturated carbocycles. The molecule has 2 N–H and O–H groups in total. The molecule has 0 aromatic carbocycles. The number of anilines is 1. The number of aromatic nitrogens is 1. The number of nitrogens with two attached hydrogens (primary N) is 1. The maximum atomic E-state index is 12.0. The highest BCUT2D eigenvalue weighted by Gasteiger charge is 2.30. The third-order valence-electron chi connectivity index (χ3n) is 3.13. The molecule has 17 heavy (non-hydrogen) atoms. The molecule has 0 bridgehead atoms. The van der Waals surface area contributed by atoms with Crippen molar-refractivity contribution in [2.75, 3.05) is 19.4 Å². The molecular weight excluding hydrogens is 238 g/mol. The number of amides is 1. The Bertz CT molecular complexity index is 407. The largest absolute Gasteiger partial charge is 0.376 e. The molecule has 1 amide bonds. The molecule has 2 unspecified atom stereocenters. The number of nitrogen functional groups attached to an aromatic ring is 1.